The average molecular weight is 284 g/mol. The van der Waals surface area contributed by atoms with Gasteiger partial charge in [0.15, 0.2) is 0 Å². The number of halogens is 1. The molecule has 0 fully saturated rings. The molecule has 0 atom stereocenters. The maximum Gasteiger partial charge on any atom is 0.123 e. The molecule has 0 saturated heterocycles. The van der Waals surface area contributed by atoms with Gasteiger partial charge in [-0.25, -0.2) is 4.39 Å². The van der Waals surface area contributed by atoms with E-state index < -0.39 is 0 Å². The van der Waals surface area contributed by atoms with Gasteiger partial charge in [0.05, 0.1) is 0 Å². The molecule has 0 aromatic heterocycles. The highest BCUT2D eigenvalue weighted by Gasteiger charge is 2.11. The standard InChI is InChI=1S/C15H25FN2S/c1-15(2,3)17-11-12-10-13(16)6-7-14(12)19-9-8-18(4)5/h6-7,10,17H,8-9,11H2,1-5H3. The van der Waals surface area contributed by atoms with Crippen LogP contribution in [0, 0.1) is 5.82 Å². The smallest absolute Gasteiger partial charge is 0.123 e. The van der Waals surface area contributed by atoms with Gasteiger partial charge in [0.1, 0.15) is 5.82 Å². The number of rotatable bonds is 6. The molecule has 1 aromatic rings. The Bertz CT molecular complexity index is 400. The van der Waals surface area contributed by atoms with Crippen LogP contribution in [0.4, 0.5) is 4.39 Å². The van der Waals surface area contributed by atoms with Gasteiger partial charge >= 0.3 is 0 Å². The first kappa shape index (κ1) is 16.5. The van der Waals surface area contributed by atoms with Gasteiger partial charge in [-0.1, -0.05) is 0 Å². The largest absolute Gasteiger partial charge is 0.309 e. The Hall–Kier alpha value is -0.580. The van der Waals surface area contributed by atoms with Crippen LogP contribution in [0.15, 0.2) is 23.1 Å². The van der Waals surface area contributed by atoms with Crippen LogP contribution in [0.25, 0.3) is 0 Å². The zero-order chi connectivity index (χ0) is 14.5. The fourth-order valence-corrected chi connectivity index (χ4v) is 2.68. The van der Waals surface area contributed by atoms with E-state index in [1.54, 1.807) is 23.9 Å². The lowest BCUT2D eigenvalue weighted by molar-refractivity contribution is 0.421. The van der Waals surface area contributed by atoms with E-state index >= 15 is 0 Å². The first-order chi connectivity index (χ1) is 8.78. The number of benzene rings is 1. The van der Waals surface area contributed by atoms with Crippen molar-refractivity contribution in [1.29, 1.82) is 0 Å². The zero-order valence-corrected chi connectivity index (χ0v) is 13.4. The second-order valence-electron chi connectivity index (χ2n) is 6.01. The SMILES string of the molecule is CN(C)CCSc1ccc(F)cc1CNC(C)(C)C. The third kappa shape index (κ3) is 6.95. The average Bonchev–Trinajstić information content (AvgIpc) is 2.27. The normalized spacial score (nSPS) is 12.2. The van der Waals surface area contributed by atoms with Gasteiger partial charge in [-0.15, -0.1) is 11.8 Å². The van der Waals surface area contributed by atoms with Gasteiger partial charge in [-0.2, -0.15) is 0 Å². The molecule has 4 heteroatoms. The summed E-state index contributed by atoms with van der Waals surface area (Å²) in [7, 11) is 4.13. The summed E-state index contributed by atoms with van der Waals surface area (Å²) >= 11 is 1.79. The van der Waals surface area contributed by atoms with Crippen LogP contribution in [0.2, 0.25) is 0 Å². The number of thioether (sulfide) groups is 1. The third-order valence-corrected chi connectivity index (χ3v) is 3.72. The predicted octanol–water partition coefficient (Wildman–Crippen LogP) is 3.37. The first-order valence-corrected chi connectivity index (χ1v) is 7.57. The molecule has 0 aliphatic heterocycles. The van der Waals surface area contributed by atoms with Crippen molar-refractivity contribution in [2.24, 2.45) is 0 Å². The maximum absolute atomic E-state index is 13.4. The van der Waals surface area contributed by atoms with Crippen LogP contribution < -0.4 is 5.32 Å². The van der Waals surface area contributed by atoms with Crippen LogP contribution in [0.3, 0.4) is 0 Å². The van der Waals surface area contributed by atoms with E-state index in [0.29, 0.717) is 6.54 Å². The van der Waals surface area contributed by atoms with E-state index in [9.17, 15) is 4.39 Å². The molecule has 1 aromatic carbocycles. The molecule has 1 N–H and O–H groups in total. The number of nitrogens with zero attached hydrogens (tertiary/aromatic N) is 1. The molecule has 0 amide bonds. The monoisotopic (exact) mass is 284 g/mol. The summed E-state index contributed by atoms with van der Waals surface area (Å²) in [5.41, 5.74) is 1.08. The van der Waals surface area contributed by atoms with Gasteiger partial charge in [0, 0.05) is 29.3 Å². The lowest BCUT2D eigenvalue weighted by Crippen LogP contribution is -2.35. The minimum absolute atomic E-state index is 0.0396. The highest BCUT2D eigenvalue weighted by atomic mass is 32.2. The molecule has 0 radical (unpaired) electrons. The Balaban J connectivity index is 2.68. The topological polar surface area (TPSA) is 15.3 Å². The summed E-state index contributed by atoms with van der Waals surface area (Å²) in [4.78, 5) is 3.32. The van der Waals surface area contributed by atoms with Gasteiger partial charge in [-0.05, 0) is 58.6 Å². The molecule has 0 aliphatic rings. The molecule has 2 nitrogen and oxygen atoms in total. The van der Waals surface area contributed by atoms with Crippen molar-refractivity contribution >= 4 is 11.8 Å². The minimum Gasteiger partial charge on any atom is -0.309 e. The van der Waals surface area contributed by atoms with Crippen molar-refractivity contribution in [1.82, 2.24) is 10.2 Å². The molecule has 0 aliphatic carbocycles. The summed E-state index contributed by atoms with van der Waals surface area (Å²) in [6.45, 7) is 8.07. The van der Waals surface area contributed by atoms with Crippen molar-refractivity contribution < 1.29 is 4.39 Å². The molecule has 0 bridgehead atoms. The zero-order valence-electron chi connectivity index (χ0n) is 12.6. The Labute approximate surface area is 120 Å². The van der Waals surface area contributed by atoms with Gasteiger partial charge in [0.2, 0.25) is 0 Å². The molecule has 0 unspecified atom stereocenters. The second-order valence-corrected chi connectivity index (χ2v) is 7.14. The molecule has 108 valence electrons. The summed E-state index contributed by atoms with van der Waals surface area (Å²) in [6, 6.07) is 5.06. The highest BCUT2D eigenvalue weighted by Crippen LogP contribution is 2.24. The van der Waals surface area contributed by atoms with E-state index in [4.69, 9.17) is 0 Å². The van der Waals surface area contributed by atoms with E-state index in [1.807, 2.05) is 6.07 Å². The Morgan fingerprint density at radius 3 is 2.53 bits per heavy atom. The molecule has 19 heavy (non-hydrogen) atoms. The van der Waals surface area contributed by atoms with Gasteiger partial charge in [-0.3, -0.25) is 0 Å². The summed E-state index contributed by atoms with van der Waals surface area (Å²) in [6.07, 6.45) is 0. The van der Waals surface area contributed by atoms with Crippen molar-refractivity contribution in [2.75, 3.05) is 26.4 Å². The maximum atomic E-state index is 13.4. The minimum atomic E-state index is -0.164. The number of hydrogen-bond acceptors (Lipinski definition) is 3. The van der Waals surface area contributed by atoms with Crippen molar-refractivity contribution in [3.63, 3.8) is 0 Å². The fraction of sp³-hybridized carbons (Fsp3) is 0.600. The van der Waals surface area contributed by atoms with Crippen LogP contribution in [0.1, 0.15) is 26.3 Å². The lowest BCUT2D eigenvalue weighted by atomic mass is 10.1. The molecule has 1 rings (SSSR count). The fourth-order valence-electron chi connectivity index (χ4n) is 1.53. The predicted molar refractivity (Wildman–Crippen MR) is 82.3 cm³/mol. The van der Waals surface area contributed by atoms with Crippen molar-refractivity contribution in [3.8, 4) is 0 Å². The molecule has 0 saturated carbocycles. The summed E-state index contributed by atoms with van der Waals surface area (Å²) < 4.78 is 13.4. The van der Waals surface area contributed by atoms with Crippen LogP contribution >= 0.6 is 11.8 Å². The van der Waals surface area contributed by atoms with Gasteiger partial charge < -0.3 is 10.2 Å². The van der Waals surface area contributed by atoms with Gasteiger partial charge in [0.25, 0.3) is 0 Å². The van der Waals surface area contributed by atoms with E-state index in [2.05, 4.69) is 45.1 Å². The first-order valence-electron chi connectivity index (χ1n) is 6.59. The third-order valence-electron chi connectivity index (χ3n) is 2.63. The Morgan fingerprint density at radius 1 is 1.26 bits per heavy atom. The van der Waals surface area contributed by atoms with Crippen molar-refractivity contribution in [2.45, 2.75) is 37.8 Å². The summed E-state index contributed by atoms with van der Waals surface area (Å²) in [5.74, 6) is 0.851. The molecule has 0 spiro atoms. The van der Waals surface area contributed by atoms with Crippen LogP contribution in [0.5, 0.6) is 0 Å². The Kier molecular flexibility index (Phi) is 6.30. The highest BCUT2D eigenvalue weighted by molar-refractivity contribution is 7.99. The van der Waals surface area contributed by atoms with Crippen LogP contribution in [-0.2, 0) is 6.54 Å². The molecular weight excluding hydrogens is 259 g/mol. The number of hydrogen-bond donors (Lipinski definition) is 1. The van der Waals surface area contributed by atoms with Crippen LogP contribution in [-0.4, -0.2) is 36.8 Å². The second kappa shape index (κ2) is 7.27. The molecule has 0 heterocycles. The van der Waals surface area contributed by atoms with E-state index in [0.717, 1.165) is 17.9 Å². The molecular formula is C15H25FN2S. The lowest BCUT2D eigenvalue weighted by Gasteiger charge is -2.21. The number of nitrogens with one attached hydrogen (secondary N) is 1. The quantitative estimate of drug-likeness (QED) is 0.806. The Morgan fingerprint density at radius 2 is 1.95 bits per heavy atom. The summed E-state index contributed by atoms with van der Waals surface area (Å²) in [5, 5.41) is 3.41. The van der Waals surface area contributed by atoms with Crippen molar-refractivity contribution in [3.05, 3.63) is 29.6 Å². The van der Waals surface area contributed by atoms with E-state index in [1.165, 1.54) is 4.90 Å². The van der Waals surface area contributed by atoms with E-state index in [-0.39, 0.29) is 11.4 Å².